The van der Waals surface area contributed by atoms with Crippen LogP contribution in [0, 0.1) is 11.8 Å². The molecule has 0 aliphatic heterocycles. The van der Waals surface area contributed by atoms with Crippen molar-refractivity contribution in [2.24, 2.45) is 11.8 Å². The van der Waals surface area contributed by atoms with Crippen molar-refractivity contribution in [1.29, 1.82) is 0 Å². The van der Waals surface area contributed by atoms with Gasteiger partial charge in [0.2, 0.25) is 0 Å². The predicted molar refractivity (Wildman–Crippen MR) is 74.2 cm³/mol. The monoisotopic (exact) mass is 231 g/mol. The molecule has 1 aromatic rings. The molecule has 2 atom stereocenters. The molecule has 1 N–H and O–H groups in total. The second-order valence-corrected chi connectivity index (χ2v) is 5.86. The zero-order chi connectivity index (χ0) is 12.3. The van der Waals surface area contributed by atoms with Crippen LogP contribution in [0.3, 0.4) is 0 Å². The molecule has 94 valence electrons. The summed E-state index contributed by atoms with van der Waals surface area (Å²) in [7, 11) is 0. The van der Waals surface area contributed by atoms with Gasteiger partial charge >= 0.3 is 0 Å². The second kappa shape index (κ2) is 5.22. The Morgan fingerprint density at radius 2 is 2.00 bits per heavy atom. The van der Waals surface area contributed by atoms with E-state index in [1.807, 2.05) is 0 Å². The van der Waals surface area contributed by atoms with Gasteiger partial charge in [-0.2, -0.15) is 0 Å². The van der Waals surface area contributed by atoms with Crippen LogP contribution in [0.2, 0.25) is 0 Å². The fourth-order valence-electron chi connectivity index (χ4n) is 2.94. The molecule has 1 saturated carbocycles. The molecule has 0 heterocycles. The molecule has 17 heavy (non-hydrogen) atoms. The lowest BCUT2D eigenvalue weighted by molar-refractivity contribution is 0.483. The summed E-state index contributed by atoms with van der Waals surface area (Å²) in [6, 6.07) is 11.1. The molecule has 1 heteroatoms. The van der Waals surface area contributed by atoms with Crippen molar-refractivity contribution >= 4 is 0 Å². The van der Waals surface area contributed by atoms with Gasteiger partial charge < -0.3 is 5.32 Å². The fourth-order valence-corrected chi connectivity index (χ4v) is 2.94. The highest BCUT2D eigenvalue weighted by atomic mass is 14.9. The molecule has 1 aromatic carbocycles. The van der Waals surface area contributed by atoms with Gasteiger partial charge in [0.15, 0.2) is 0 Å². The Hall–Kier alpha value is -0.820. The Labute approximate surface area is 106 Å². The van der Waals surface area contributed by atoms with Crippen LogP contribution in [0.5, 0.6) is 0 Å². The topological polar surface area (TPSA) is 12.0 Å². The number of rotatable bonds is 6. The van der Waals surface area contributed by atoms with Gasteiger partial charge in [-0.25, -0.2) is 0 Å². The molecule has 2 rings (SSSR count). The van der Waals surface area contributed by atoms with Crippen molar-refractivity contribution in [2.45, 2.75) is 39.0 Å². The van der Waals surface area contributed by atoms with E-state index in [9.17, 15) is 0 Å². The van der Waals surface area contributed by atoms with Crippen LogP contribution in [-0.2, 0) is 5.41 Å². The Morgan fingerprint density at radius 3 is 2.53 bits per heavy atom. The van der Waals surface area contributed by atoms with E-state index < -0.39 is 0 Å². The van der Waals surface area contributed by atoms with E-state index in [4.69, 9.17) is 0 Å². The summed E-state index contributed by atoms with van der Waals surface area (Å²) in [6.07, 6.45) is 2.66. The van der Waals surface area contributed by atoms with Crippen LogP contribution in [0.25, 0.3) is 0 Å². The first-order valence-electron chi connectivity index (χ1n) is 6.95. The van der Waals surface area contributed by atoms with Crippen molar-refractivity contribution < 1.29 is 0 Å². The maximum absolute atomic E-state index is 3.65. The summed E-state index contributed by atoms with van der Waals surface area (Å²) in [6.45, 7) is 9.13. The zero-order valence-electron chi connectivity index (χ0n) is 11.4. The van der Waals surface area contributed by atoms with E-state index in [2.05, 4.69) is 56.4 Å². The standard InChI is InChI=1S/C16H25N/c1-4-14-10-16(14,12-17-11-13(2)3)15-8-6-5-7-9-15/h5-9,13-14,17H,4,10-12H2,1-3H3. The molecule has 2 unspecified atom stereocenters. The average molecular weight is 231 g/mol. The SMILES string of the molecule is CCC1CC1(CNCC(C)C)c1ccccc1. The molecule has 0 bridgehead atoms. The third kappa shape index (κ3) is 2.71. The van der Waals surface area contributed by atoms with Gasteiger partial charge in [-0.1, -0.05) is 57.5 Å². The summed E-state index contributed by atoms with van der Waals surface area (Å²) < 4.78 is 0. The Morgan fingerprint density at radius 1 is 1.29 bits per heavy atom. The van der Waals surface area contributed by atoms with Crippen LogP contribution in [0.15, 0.2) is 30.3 Å². The van der Waals surface area contributed by atoms with Crippen LogP contribution < -0.4 is 5.32 Å². The molecule has 0 spiro atoms. The summed E-state index contributed by atoms with van der Waals surface area (Å²) in [5.41, 5.74) is 1.97. The molecule has 0 saturated heterocycles. The first kappa shape index (κ1) is 12.6. The Bertz CT molecular complexity index is 344. The van der Waals surface area contributed by atoms with Gasteiger partial charge in [-0.05, 0) is 30.4 Å². The van der Waals surface area contributed by atoms with Crippen LogP contribution in [-0.4, -0.2) is 13.1 Å². The Kier molecular flexibility index (Phi) is 3.88. The highest BCUT2D eigenvalue weighted by molar-refractivity contribution is 5.34. The smallest absolute Gasteiger partial charge is 0.0109 e. The summed E-state index contributed by atoms with van der Waals surface area (Å²) >= 11 is 0. The average Bonchev–Trinajstić information content (AvgIpc) is 3.05. The molecule has 0 radical (unpaired) electrons. The van der Waals surface area contributed by atoms with Crippen molar-refractivity contribution in [2.75, 3.05) is 13.1 Å². The van der Waals surface area contributed by atoms with Gasteiger partial charge in [-0.15, -0.1) is 0 Å². The van der Waals surface area contributed by atoms with E-state index in [0.29, 0.717) is 5.41 Å². The van der Waals surface area contributed by atoms with Crippen LogP contribution >= 0.6 is 0 Å². The molecule has 1 fully saturated rings. The van der Waals surface area contributed by atoms with Gasteiger partial charge in [0.1, 0.15) is 0 Å². The largest absolute Gasteiger partial charge is 0.316 e. The van der Waals surface area contributed by atoms with E-state index in [-0.39, 0.29) is 0 Å². The van der Waals surface area contributed by atoms with Gasteiger partial charge in [0.25, 0.3) is 0 Å². The van der Waals surface area contributed by atoms with Crippen molar-refractivity contribution in [3.63, 3.8) is 0 Å². The predicted octanol–water partition coefficient (Wildman–Crippen LogP) is 3.60. The summed E-state index contributed by atoms with van der Waals surface area (Å²) in [5.74, 6) is 1.62. The lowest BCUT2D eigenvalue weighted by atomic mass is 9.92. The van der Waals surface area contributed by atoms with Gasteiger partial charge in [0.05, 0.1) is 0 Å². The third-order valence-corrected chi connectivity index (χ3v) is 4.07. The molecular formula is C16H25N. The van der Waals surface area contributed by atoms with E-state index >= 15 is 0 Å². The maximum Gasteiger partial charge on any atom is 0.0109 e. The van der Waals surface area contributed by atoms with Crippen LogP contribution in [0.1, 0.15) is 39.2 Å². The van der Waals surface area contributed by atoms with Crippen molar-refractivity contribution in [1.82, 2.24) is 5.32 Å². The minimum atomic E-state index is 0.435. The second-order valence-electron chi connectivity index (χ2n) is 5.86. The first-order valence-corrected chi connectivity index (χ1v) is 6.95. The van der Waals surface area contributed by atoms with Gasteiger partial charge in [0, 0.05) is 12.0 Å². The van der Waals surface area contributed by atoms with Crippen molar-refractivity contribution in [3.05, 3.63) is 35.9 Å². The highest BCUT2D eigenvalue weighted by Crippen LogP contribution is 2.55. The number of hydrogen-bond acceptors (Lipinski definition) is 1. The summed E-state index contributed by atoms with van der Waals surface area (Å²) in [5, 5.41) is 3.65. The molecule has 0 aromatic heterocycles. The van der Waals surface area contributed by atoms with E-state index in [1.165, 1.54) is 18.4 Å². The van der Waals surface area contributed by atoms with Crippen molar-refractivity contribution in [3.8, 4) is 0 Å². The lowest BCUT2D eigenvalue weighted by Crippen LogP contribution is -2.31. The maximum atomic E-state index is 3.65. The quantitative estimate of drug-likeness (QED) is 0.789. The van der Waals surface area contributed by atoms with Gasteiger partial charge in [-0.3, -0.25) is 0 Å². The number of nitrogens with one attached hydrogen (secondary N) is 1. The third-order valence-electron chi connectivity index (χ3n) is 4.07. The molecule has 0 amide bonds. The minimum absolute atomic E-state index is 0.435. The van der Waals surface area contributed by atoms with E-state index in [1.54, 1.807) is 0 Å². The lowest BCUT2D eigenvalue weighted by Gasteiger charge is -2.19. The normalized spacial score (nSPS) is 27.4. The minimum Gasteiger partial charge on any atom is -0.316 e. The Balaban J connectivity index is 2.02. The molecule has 1 aliphatic rings. The summed E-state index contributed by atoms with van der Waals surface area (Å²) in [4.78, 5) is 0. The fraction of sp³-hybridized carbons (Fsp3) is 0.625. The van der Waals surface area contributed by atoms with E-state index in [0.717, 1.165) is 24.9 Å². The molecule has 1 aliphatic carbocycles. The highest BCUT2D eigenvalue weighted by Gasteiger charge is 2.53. The number of benzene rings is 1. The molecule has 1 nitrogen and oxygen atoms in total. The first-order chi connectivity index (χ1) is 8.19. The number of hydrogen-bond donors (Lipinski definition) is 1. The zero-order valence-corrected chi connectivity index (χ0v) is 11.4. The molecular weight excluding hydrogens is 206 g/mol. The van der Waals surface area contributed by atoms with Crippen LogP contribution in [0.4, 0.5) is 0 Å².